The lowest BCUT2D eigenvalue weighted by Crippen LogP contribution is -2.44. The zero-order chi connectivity index (χ0) is 30.9. The summed E-state index contributed by atoms with van der Waals surface area (Å²) in [6.45, 7) is 8.67. The molecule has 1 N–H and O–H groups in total. The van der Waals surface area contributed by atoms with Crippen molar-refractivity contribution in [3.8, 4) is 28.2 Å². The quantitative estimate of drug-likeness (QED) is 0.210. The smallest absolute Gasteiger partial charge is 0.176 e. The normalized spacial score (nSPS) is 18.7. The van der Waals surface area contributed by atoms with Gasteiger partial charge in [0.25, 0.3) is 0 Å². The second-order valence-corrected chi connectivity index (χ2v) is 19.1. The van der Waals surface area contributed by atoms with E-state index in [0.29, 0.717) is 0 Å². The first-order chi connectivity index (χ1) is 22.0. The van der Waals surface area contributed by atoms with E-state index < -0.39 is 7.26 Å². The molecule has 5 heteroatoms. The topological polar surface area (TPSA) is 33.1 Å². The van der Waals surface area contributed by atoms with Crippen LogP contribution < -0.4 is 10.4 Å². The molecule has 234 valence electrons. The number of aromatic nitrogens is 2. The number of benzene rings is 3. The molecule has 2 aliphatic carbocycles. The summed E-state index contributed by atoms with van der Waals surface area (Å²) in [5.74, 6) is 0. The molecule has 0 amide bonds. The fourth-order valence-corrected chi connectivity index (χ4v) is 16.5. The molecule has 0 saturated heterocycles. The number of rotatable bonds is 7. The monoisotopic (exact) mass is 617 g/mol. The Hall–Kier alpha value is -3.20. The SMILES string of the molecule is CC(C)(C)[P+](C1=CCNN1c1c(-c2ccccc2)nn(-c2ccccc2)c1-c1ccccc1)(C1CCCCC1)C1CCCCC1. The fraction of sp³-hybridized carbons (Fsp3) is 0.425. The van der Waals surface area contributed by atoms with Gasteiger partial charge in [0, 0.05) is 17.7 Å². The first-order valence-electron chi connectivity index (χ1n) is 17.4. The third kappa shape index (κ3) is 5.49. The highest BCUT2D eigenvalue weighted by atomic mass is 31.2. The van der Waals surface area contributed by atoms with Crippen LogP contribution in [0.4, 0.5) is 5.69 Å². The number of hydrogen-bond acceptors (Lipinski definition) is 3. The summed E-state index contributed by atoms with van der Waals surface area (Å²) in [5.41, 5.74) is 14.0. The van der Waals surface area contributed by atoms with Crippen LogP contribution in [0.5, 0.6) is 0 Å². The highest BCUT2D eigenvalue weighted by molar-refractivity contribution is 7.82. The van der Waals surface area contributed by atoms with Crippen LogP contribution in [0.15, 0.2) is 103 Å². The first kappa shape index (κ1) is 30.5. The lowest BCUT2D eigenvalue weighted by molar-refractivity contribution is 0.468. The molecule has 2 saturated carbocycles. The average molecular weight is 618 g/mol. The van der Waals surface area contributed by atoms with Crippen molar-refractivity contribution in [2.24, 2.45) is 0 Å². The minimum atomic E-state index is -1.70. The third-order valence-electron chi connectivity index (χ3n) is 10.7. The number of nitrogens with zero attached hydrogens (tertiary/aromatic N) is 3. The maximum atomic E-state index is 5.50. The molecule has 4 nitrogen and oxygen atoms in total. The Bertz CT molecular complexity index is 1570. The van der Waals surface area contributed by atoms with Gasteiger partial charge in [-0.2, -0.15) is 5.10 Å². The highest BCUT2D eigenvalue weighted by Crippen LogP contribution is 2.84. The van der Waals surface area contributed by atoms with Gasteiger partial charge in [-0.1, -0.05) is 91.7 Å². The van der Waals surface area contributed by atoms with Crippen molar-refractivity contribution in [3.63, 3.8) is 0 Å². The van der Waals surface area contributed by atoms with E-state index in [4.69, 9.17) is 5.10 Å². The zero-order valence-electron chi connectivity index (χ0n) is 27.5. The van der Waals surface area contributed by atoms with E-state index in [0.717, 1.165) is 40.5 Å². The van der Waals surface area contributed by atoms with Gasteiger partial charge in [-0.25, -0.2) is 15.1 Å². The van der Waals surface area contributed by atoms with Crippen molar-refractivity contribution in [1.29, 1.82) is 0 Å². The second kappa shape index (κ2) is 12.9. The fourth-order valence-electron chi connectivity index (χ4n) is 9.02. The van der Waals surface area contributed by atoms with E-state index in [1.54, 1.807) is 5.44 Å². The Labute approximate surface area is 271 Å². The minimum Gasteiger partial charge on any atom is -0.242 e. The highest BCUT2D eigenvalue weighted by Gasteiger charge is 2.65. The second-order valence-electron chi connectivity index (χ2n) is 14.3. The summed E-state index contributed by atoms with van der Waals surface area (Å²) >= 11 is 0. The molecule has 7 rings (SSSR count). The molecule has 45 heavy (non-hydrogen) atoms. The van der Waals surface area contributed by atoms with E-state index >= 15 is 0 Å². The summed E-state index contributed by atoms with van der Waals surface area (Å²) in [5, 5.41) is 8.29. The van der Waals surface area contributed by atoms with Crippen molar-refractivity contribution in [2.75, 3.05) is 11.6 Å². The summed E-state index contributed by atoms with van der Waals surface area (Å²) < 4.78 is 2.20. The van der Waals surface area contributed by atoms with Gasteiger partial charge in [0.2, 0.25) is 0 Å². The molecule has 2 fully saturated rings. The lowest BCUT2D eigenvalue weighted by Gasteiger charge is -2.52. The Morgan fingerprint density at radius 2 is 1.18 bits per heavy atom. The molecule has 0 unspecified atom stereocenters. The van der Waals surface area contributed by atoms with Crippen LogP contribution >= 0.6 is 7.26 Å². The van der Waals surface area contributed by atoms with Crippen molar-refractivity contribution in [1.82, 2.24) is 15.2 Å². The minimum absolute atomic E-state index is 0.211. The number of hydrogen-bond donors (Lipinski definition) is 1. The zero-order valence-corrected chi connectivity index (χ0v) is 28.4. The van der Waals surface area contributed by atoms with Crippen LogP contribution in [-0.2, 0) is 0 Å². The van der Waals surface area contributed by atoms with E-state index in [1.165, 1.54) is 75.5 Å². The Balaban J connectivity index is 1.50. The number of anilines is 1. The van der Waals surface area contributed by atoms with Crippen LogP contribution in [0.1, 0.15) is 85.0 Å². The van der Waals surface area contributed by atoms with Crippen molar-refractivity contribution in [3.05, 3.63) is 103 Å². The molecule has 1 aromatic heterocycles. The first-order valence-corrected chi connectivity index (χ1v) is 19.3. The molecule has 0 bridgehead atoms. The van der Waals surface area contributed by atoms with Crippen LogP contribution in [0.25, 0.3) is 28.2 Å². The van der Waals surface area contributed by atoms with Gasteiger partial charge in [0.1, 0.15) is 17.1 Å². The Morgan fingerprint density at radius 1 is 0.667 bits per heavy atom. The van der Waals surface area contributed by atoms with Gasteiger partial charge in [0.05, 0.1) is 29.4 Å². The van der Waals surface area contributed by atoms with Gasteiger partial charge in [0.15, 0.2) is 5.44 Å². The van der Waals surface area contributed by atoms with Gasteiger partial charge >= 0.3 is 0 Å². The molecule has 1 aliphatic heterocycles. The molecule has 2 heterocycles. The number of nitrogens with one attached hydrogen (secondary N) is 1. The van der Waals surface area contributed by atoms with E-state index in [1.807, 2.05) is 0 Å². The molecule has 4 aromatic rings. The standard InChI is InChI=1S/C40H50N4P/c1-40(2,3)45(34-25-15-7-16-26-34,35-27-17-8-18-28-35)36-29-30-41-44(36)39-37(31-19-9-4-10-20-31)42-43(33-23-13-6-14-24-33)38(39)32-21-11-5-12-22-32/h4-6,9-14,19-24,29,34-35,41H,7-8,15-18,25-28,30H2,1-3H3/q+1. The summed E-state index contributed by atoms with van der Waals surface area (Å²) in [6, 6.07) is 32.5. The Morgan fingerprint density at radius 3 is 1.71 bits per heavy atom. The van der Waals surface area contributed by atoms with Gasteiger partial charge < -0.3 is 0 Å². The van der Waals surface area contributed by atoms with Crippen molar-refractivity contribution < 1.29 is 0 Å². The molecule has 3 aromatic carbocycles. The predicted molar refractivity (Wildman–Crippen MR) is 193 cm³/mol. The largest absolute Gasteiger partial charge is 0.242 e. The summed E-state index contributed by atoms with van der Waals surface area (Å²) in [7, 11) is -1.70. The van der Waals surface area contributed by atoms with E-state index in [-0.39, 0.29) is 5.16 Å². The lowest BCUT2D eigenvalue weighted by atomic mass is 9.99. The maximum Gasteiger partial charge on any atom is 0.176 e. The van der Waals surface area contributed by atoms with Crippen LogP contribution in [-0.4, -0.2) is 32.8 Å². The molecule has 3 aliphatic rings. The molecular formula is C40H50N4P+. The van der Waals surface area contributed by atoms with E-state index in [9.17, 15) is 0 Å². The summed E-state index contributed by atoms with van der Waals surface area (Å²) in [6.07, 6.45) is 16.5. The third-order valence-corrected chi connectivity index (χ3v) is 17.4. The van der Waals surface area contributed by atoms with Crippen molar-refractivity contribution >= 4 is 12.9 Å². The van der Waals surface area contributed by atoms with Crippen LogP contribution in [0, 0.1) is 0 Å². The predicted octanol–water partition coefficient (Wildman–Crippen LogP) is 10.9. The number of para-hydroxylation sites is 1. The Kier molecular flexibility index (Phi) is 8.73. The average Bonchev–Trinajstić information content (AvgIpc) is 3.72. The van der Waals surface area contributed by atoms with Gasteiger partial charge in [-0.05, 0) is 90.3 Å². The van der Waals surface area contributed by atoms with E-state index in [2.05, 4.69) is 133 Å². The molecule has 0 atom stereocenters. The summed E-state index contributed by atoms with van der Waals surface area (Å²) in [4.78, 5) is 0. The van der Waals surface area contributed by atoms with Gasteiger partial charge in [-0.3, -0.25) is 0 Å². The molecular weight excluding hydrogens is 567 g/mol. The van der Waals surface area contributed by atoms with Gasteiger partial charge in [-0.15, -0.1) is 0 Å². The van der Waals surface area contributed by atoms with Crippen LogP contribution in [0.3, 0.4) is 0 Å². The molecule has 0 spiro atoms. The van der Waals surface area contributed by atoms with Crippen molar-refractivity contribution in [2.45, 2.75) is 101 Å². The number of hydrazine groups is 1. The van der Waals surface area contributed by atoms with Crippen LogP contribution in [0.2, 0.25) is 0 Å². The maximum absolute atomic E-state index is 5.50. The molecule has 0 radical (unpaired) electrons.